The highest BCUT2D eigenvalue weighted by molar-refractivity contribution is 6.31. The van der Waals surface area contributed by atoms with E-state index in [1.807, 2.05) is 62.4 Å². The summed E-state index contributed by atoms with van der Waals surface area (Å²) < 4.78 is 5.96. The summed E-state index contributed by atoms with van der Waals surface area (Å²) in [6, 6.07) is 19.7. The molecule has 3 aromatic carbocycles. The van der Waals surface area contributed by atoms with E-state index in [1.54, 1.807) is 23.1 Å². The van der Waals surface area contributed by atoms with Crippen LogP contribution >= 0.6 is 11.6 Å². The van der Waals surface area contributed by atoms with Gasteiger partial charge in [0.2, 0.25) is 5.76 Å². The van der Waals surface area contributed by atoms with Gasteiger partial charge in [-0.25, -0.2) is 0 Å². The summed E-state index contributed by atoms with van der Waals surface area (Å²) in [5.41, 5.74) is 4.24. The van der Waals surface area contributed by atoms with Crippen molar-refractivity contribution in [3.8, 4) is 0 Å². The van der Waals surface area contributed by atoms with Gasteiger partial charge in [0.1, 0.15) is 5.58 Å². The zero-order valence-corrected chi connectivity index (χ0v) is 17.2. The highest BCUT2D eigenvalue weighted by Crippen LogP contribution is 2.41. The molecule has 0 radical (unpaired) electrons. The highest BCUT2D eigenvalue weighted by Gasteiger charge is 2.43. The molecule has 2 heterocycles. The van der Waals surface area contributed by atoms with E-state index in [2.05, 4.69) is 0 Å². The minimum absolute atomic E-state index is 0.0851. The van der Waals surface area contributed by atoms with Gasteiger partial charge in [0.05, 0.1) is 17.0 Å². The van der Waals surface area contributed by atoms with Gasteiger partial charge in [-0.3, -0.25) is 14.5 Å². The van der Waals surface area contributed by atoms with Crippen LogP contribution in [0.1, 0.15) is 38.9 Å². The molecule has 1 aliphatic rings. The van der Waals surface area contributed by atoms with Gasteiger partial charge in [-0.05, 0) is 60.9 Å². The zero-order chi connectivity index (χ0) is 21.0. The lowest BCUT2D eigenvalue weighted by molar-refractivity contribution is 0.0971. The molecule has 0 aliphatic carbocycles. The minimum Gasteiger partial charge on any atom is -0.450 e. The van der Waals surface area contributed by atoms with Crippen LogP contribution in [-0.4, -0.2) is 5.91 Å². The molecule has 0 fully saturated rings. The molecule has 5 heteroatoms. The van der Waals surface area contributed by atoms with Gasteiger partial charge >= 0.3 is 0 Å². The summed E-state index contributed by atoms with van der Waals surface area (Å²) in [6.07, 6.45) is 0. The van der Waals surface area contributed by atoms with Gasteiger partial charge in [0.15, 0.2) is 5.43 Å². The lowest BCUT2D eigenvalue weighted by Gasteiger charge is -2.25. The van der Waals surface area contributed by atoms with Gasteiger partial charge in [0.25, 0.3) is 5.91 Å². The number of carbonyl (C=O) groups is 1. The monoisotopic (exact) mass is 415 g/mol. The fourth-order valence-corrected chi connectivity index (χ4v) is 4.21. The first kappa shape index (κ1) is 18.6. The van der Waals surface area contributed by atoms with Crippen LogP contribution in [0.3, 0.4) is 0 Å². The number of nitrogens with zero attached hydrogens (tertiary/aromatic N) is 1. The smallest absolute Gasteiger partial charge is 0.295 e. The Kier molecular flexibility index (Phi) is 4.26. The molecule has 1 atom stereocenters. The van der Waals surface area contributed by atoms with Gasteiger partial charge in [-0.1, -0.05) is 48.0 Å². The summed E-state index contributed by atoms with van der Waals surface area (Å²) in [4.78, 5) is 28.7. The highest BCUT2D eigenvalue weighted by atomic mass is 35.5. The summed E-state index contributed by atoms with van der Waals surface area (Å²) in [7, 11) is 0. The van der Waals surface area contributed by atoms with Gasteiger partial charge in [0, 0.05) is 10.7 Å². The number of hydrogen-bond acceptors (Lipinski definition) is 3. The van der Waals surface area contributed by atoms with Gasteiger partial charge in [-0.2, -0.15) is 0 Å². The Balaban J connectivity index is 1.82. The Hall–Kier alpha value is -3.37. The van der Waals surface area contributed by atoms with Crippen LogP contribution in [0.2, 0.25) is 5.02 Å². The number of fused-ring (bicyclic) bond motifs is 2. The average Bonchev–Trinajstić information content (AvgIpc) is 3.04. The number of halogens is 1. The third-order valence-corrected chi connectivity index (χ3v) is 5.95. The molecule has 0 N–H and O–H groups in total. The van der Waals surface area contributed by atoms with Crippen molar-refractivity contribution >= 4 is 34.2 Å². The molecule has 0 saturated heterocycles. The molecule has 4 aromatic rings. The maximum atomic E-state index is 13.5. The molecule has 0 unspecified atom stereocenters. The standard InChI is InChI=1S/C25H18ClNO3/c1-14-8-10-18(12-15(14)2)27-22(16-6-4-3-5-7-16)21-23(28)19-13-17(26)9-11-20(19)30-24(21)25(27)29/h3-13,22H,1-2H3/t22-/m0/s1. The van der Waals surface area contributed by atoms with Crippen molar-refractivity contribution in [2.24, 2.45) is 0 Å². The Bertz CT molecular complexity index is 1370. The van der Waals surface area contributed by atoms with Crippen LogP contribution in [-0.2, 0) is 0 Å². The van der Waals surface area contributed by atoms with Crippen molar-refractivity contribution in [1.29, 1.82) is 0 Å². The molecule has 148 valence electrons. The number of hydrogen-bond donors (Lipinski definition) is 0. The third-order valence-electron chi connectivity index (χ3n) is 5.72. The molecule has 1 amide bonds. The predicted molar refractivity (Wildman–Crippen MR) is 119 cm³/mol. The molecule has 0 spiro atoms. The van der Waals surface area contributed by atoms with Crippen molar-refractivity contribution < 1.29 is 9.21 Å². The van der Waals surface area contributed by atoms with E-state index in [-0.39, 0.29) is 17.1 Å². The summed E-state index contributed by atoms with van der Waals surface area (Å²) >= 11 is 6.12. The topological polar surface area (TPSA) is 50.5 Å². The van der Waals surface area contributed by atoms with Crippen LogP contribution in [0.5, 0.6) is 0 Å². The molecule has 1 aliphatic heterocycles. The first-order chi connectivity index (χ1) is 14.5. The number of amides is 1. The molecule has 0 saturated carbocycles. The Labute approximate surface area is 178 Å². The second-order valence-electron chi connectivity index (χ2n) is 7.57. The van der Waals surface area contributed by atoms with Crippen molar-refractivity contribution in [2.75, 3.05) is 4.90 Å². The van der Waals surface area contributed by atoms with E-state index < -0.39 is 6.04 Å². The van der Waals surface area contributed by atoms with Crippen LogP contribution in [0.4, 0.5) is 5.69 Å². The molecular formula is C25H18ClNO3. The number of aryl methyl sites for hydroxylation is 2. The maximum Gasteiger partial charge on any atom is 0.295 e. The van der Waals surface area contributed by atoms with Crippen molar-refractivity contribution in [3.63, 3.8) is 0 Å². The normalized spacial score (nSPS) is 15.6. The molecule has 4 nitrogen and oxygen atoms in total. The Morgan fingerprint density at radius 1 is 0.900 bits per heavy atom. The maximum absolute atomic E-state index is 13.5. The van der Waals surface area contributed by atoms with Crippen LogP contribution < -0.4 is 10.3 Å². The van der Waals surface area contributed by atoms with E-state index in [0.29, 0.717) is 21.6 Å². The quantitative estimate of drug-likeness (QED) is 0.415. The number of rotatable bonds is 2. The fraction of sp³-hybridized carbons (Fsp3) is 0.120. The molecular weight excluding hydrogens is 398 g/mol. The lowest BCUT2D eigenvalue weighted by atomic mass is 9.98. The third kappa shape index (κ3) is 2.76. The van der Waals surface area contributed by atoms with E-state index in [9.17, 15) is 9.59 Å². The van der Waals surface area contributed by atoms with Gasteiger partial charge < -0.3 is 4.42 Å². The SMILES string of the molecule is Cc1ccc(N2C(=O)c3oc4ccc(Cl)cc4c(=O)c3[C@@H]2c2ccccc2)cc1C. The Morgan fingerprint density at radius 3 is 2.40 bits per heavy atom. The second kappa shape index (κ2) is 6.85. The van der Waals surface area contributed by atoms with Crippen LogP contribution in [0.15, 0.2) is 75.9 Å². The summed E-state index contributed by atoms with van der Waals surface area (Å²) in [5, 5.41) is 0.818. The largest absolute Gasteiger partial charge is 0.450 e. The number of carbonyl (C=O) groups excluding carboxylic acids is 1. The van der Waals surface area contributed by atoms with Crippen molar-refractivity contribution in [2.45, 2.75) is 19.9 Å². The predicted octanol–water partition coefficient (Wildman–Crippen LogP) is 5.81. The summed E-state index contributed by atoms with van der Waals surface area (Å²) in [5.74, 6) is -0.238. The first-order valence-corrected chi connectivity index (χ1v) is 10.1. The van der Waals surface area contributed by atoms with Crippen molar-refractivity contribution in [1.82, 2.24) is 0 Å². The van der Waals surface area contributed by atoms with E-state index in [1.165, 1.54) is 0 Å². The second-order valence-corrected chi connectivity index (χ2v) is 8.01. The lowest BCUT2D eigenvalue weighted by Crippen LogP contribution is -2.29. The summed E-state index contributed by atoms with van der Waals surface area (Å²) in [6.45, 7) is 4.03. The fourth-order valence-electron chi connectivity index (χ4n) is 4.04. The van der Waals surface area contributed by atoms with Crippen molar-refractivity contribution in [3.05, 3.63) is 110 Å². The minimum atomic E-state index is -0.574. The van der Waals surface area contributed by atoms with E-state index in [4.69, 9.17) is 16.0 Å². The van der Waals surface area contributed by atoms with Crippen LogP contribution in [0, 0.1) is 13.8 Å². The Morgan fingerprint density at radius 2 is 1.67 bits per heavy atom. The first-order valence-electron chi connectivity index (χ1n) is 9.67. The van der Waals surface area contributed by atoms with E-state index in [0.717, 1.165) is 22.4 Å². The number of anilines is 1. The molecule has 1 aromatic heterocycles. The molecule has 5 rings (SSSR count). The molecule has 30 heavy (non-hydrogen) atoms. The van der Waals surface area contributed by atoms with Crippen LogP contribution in [0.25, 0.3) is 11.0 Å². The average molecular weight is 416 g/mol. The van der Waals surface area contributed by atoms with E-state index >= 15 is 0 Å². The molecule has 0 bridgehead atoms. The zero-order valence-electron chi connectivity index (χ0n) is 16.5. The van der Waals surface area contributed by atoms with Gasteiger partial charge in [-0.15, -0.1) is 0 Å². The number of benzene rings is 3.